The summed E-state index contributed by atoms with van der Waals surface area (Å²) in [6.45, 7) is 6.26. The van der Waals surface area contributed by atoms with Gasteiger partial charge in [-0.3, -0.25) is 0 Å². The van der Waals surface area contributed by atoms with Gasteiger partial charge in [0.15, 0.2) is 0 Å². The van der Waals surface area contributed by atoms with E-state index in [1.807, 2.05) is 87.5 Å². The molecule has 3 aromatic rings. The number of amides is 2. The molecule has 3 aromatic carbocycles. The van der Waals surface area contributed by atoms with Crippen molar-refractivity contribution in [2.75, 3.05) is 6.54 Å². The number of rotatable bonds is 11. The summed E-state index contributed by atoms with van der Waals surface area (Å²) in [4.78, 5) is 38.4. The van der Waals surface area contributed by atoms with E-state index in [-0.39, 0.29) is 13.0 Å². The fourth-order valence-corrected chi connectivity index (χ4v) is 3.93. The van der Waals surface area contributed by atoms with Crippen LogP contribution in [-0.4, -0.2) is 46.3 Å². The van der Waals surface area contributed by atoms with Crippen molar-refractivity contribution in [3.05, 3.63) is 83.9 Å². The molecule has 8 heteroatoms. The Bertz CT molecular complexity index is 1220. The van der Waals surface area contributed by atoms with Crippen molar-refractivity contribution in [1.82, 2.24) is 10.2 Å². The number of alkyl carbamates (subject to hydrolysis) is 1. The second-order valence-electron chi connectivity index (χ2n) is 10.2. The van der Waals surface area contributed by atoms with Gasteiger partial charge in [-0.1, -0.05) is 66.7 Å². The molecule has 0 fully saturated rings. The molecule has 0 bridgehead atoms. The van der Waals surface area contributed by atoms with E-state index in [9.17, 15) is 19.5 Å². The number of carbonyl (C=O) groups excluding carboxylic acids is 2. The molecular formula is C30H36N2O6. The zero-order valence-electron chi connectivity index (χ0n) is 22.2. The van der Waals surface area contributed by atoms with Gasteiger partial charge in [0.2, 0.25) is 0 Å². The van der Waals surface area contributed by atoms with Crippen LogP contribution in [-0.2, 0) is 27.4 Å². The molecule has 0 saturated carbocycles. The van der Waals surface area contributed by atoms with Gasteiger partial charge in [-0.25, -0.2) is 14.4 Å². The predicted molar refractivity (Wildman–Crippen MR) is 146 cm³/mol. The first kappa shape index (κ1) is 28.5. The average molecular weight is 521 g/mol. The number of nitrogens with zero attached hydrogens (tertiary/aromatic N) is 1. The molecule has 0 aromatic heterocycles. The van der Waals surface area contributed by atoms with Gasteiger partial charge in [0.1, 0.15) is 18.2 Å². The molecular weight excluding hydrogens is 484 g/mol. The average Bonchev–Trinajstić information content (AvgIpc) is 2.87. The number of carboxylic acid groups (broad SMARTS) is 1. The highest BCUT2D eigenvalue weighted by molar-refractivity contribution is 5.83. The summed E-state index contributed by atoms with van der Waals surface area (Å²) in [5, 5.41) is 14.2. The van der Waals surface area contributed by atoms with Crippen molar-refractivity contribution < 1.29 is 29.0 Å². The minimum atomic E-state index is -1.14. The monoisotopic (exact) mass is 520 g/mol. The fourth-order valence-electron chi connectivity index (χ4n) is 3.93. The maximum Gasteiger partial charge on any atom is 0.410 e. The van der Waals surface area contributed by atoms with Crippen molar-refractivity contribution in [2.45, 2.75) is 64.8 Å². The Hall–Kier alpha value is -4.07. The zero-order chi connectivity index (χ0) is 27.5. The highest BCUT2D eigenvalue weighted by Gasteiger charge is 2.24. The van der Waals surface area contributed by atoms with E-state index in [4.69, 9.17) is 9.47 Å². The molecule has 0 heterocycles. The minimum absolute atomic E-state index is 0.0542. The number of hydrogen-bond donors (Lipinski definition) is 2. The van der Waals surface area contributed by atoms with E-state index in [2.05, 4.69) is 11.4 Å². The quantitative estimate of drug-likeness (QED) is 0.295. The summed E-state index contributed by atoms with van der Waals surface area (Å²) in [5.41, 5.74) is 1.14. The third-order valence-electron chi connectivity index (χ3n) is 5.81. The standard InChI is InChI=1S/C30H36N2O6/c1-30(2,3)38-29(36)32(20-23-16-17-24-13-7-8-14-25(24)19-23)18-10-9-15-26(27(33)34)31-28(35)37-21-22-11-5-4-6-12-22/h4-8,11-14,16-17,19,26H,9-10,15,18,20-21H2,1-3H3,(H,31,35)(H,33,34). The van der Waals surface area contributed by atoms with Crippen LogP contribution >= 0.6 is 0 Å². The maximum absolute atomic E-state index is 12.9. The van der Waals surface area contributed by atoms with Crippen LogP contribution in [0.3, 0.4) is 0 Å². The SMILES string of the molecule is CC(C)(C)OC(=O)N(CCCCC(NC(=O)OCc1ccccc1)C(=O)O)Cc1ccc2ccccc2c1. The Balaban J connectivity index is 1.55. The van der Waals surface area contributed by atoms with E-state index in [1.165, 1.54) is 0 Å². The van der Waals surface area contributed by atoms with Gasteiger partial charge in [0, 0.05) is 13.1 Å². The van der Waals surface area contributed by atoms with Crippen LogP contribution < -0.4 is 5.32 Å². The molecule has 0 aliphatic rings. The van der Waals surface area contributed by atoms with Crippen LogP contribution in [0.5, 0.6) is 0 Å². The van der Waals surface area contributed by atoms with Crippen LogP contribution in [0.4, 0.5) is 9.59 Å². The topological polar surface area (TPSA) is 105 Å². The van der Waals surface area contributed by atoms with E-state index >= 15 is 0 Å². The van der Waals surface area contributed by atoms with Gasteiger partial charge in [-0.15, -0.1) is 0 Å². The first-order valence-corrected chi connectivity index (χ1v) is 12.8. The van der Waals surface area contributed by atoms with Gasteiger partial charge in [-0.2, -0.15) is 0 Å². The number of unbranched alkanes of at least 4 members (excludes halogenated alkanes) is 1. The van der Waals surface area contributed by atoms with Crippen molar-refractivity contribution in [3.63, 3.8) is 0 Å². The van der Waals surface area contributed by atoms with Crippen LogP contribution in [0.2, 0.25) is 0 Å². The molecule has 0 saturated heterocycles. The predicted octanol–water partition coefficient (Wildman–Crippen LogP) is 6.13. The second-order valence-corrected chi connectivity index (χ2v) is 10.2. The molecule has 1 unspecified atom stereocenters. The van der Waals surface area contributed by atoms with Crippen molar-refractivity contribution in [2.24, 2.45) is 0 Å². The fraction of sp³-hybridized carbons (Fsp3) is 0.367. The lowest BCUT2D eigenvalue weighted by Crippen LogP contribution is -2.41. The number of ether oxygens (including phenoxy) is 2. The number of carbonyl (C=O) groups is 3. The van der Waals surface area contributed by atoms with Gasteiger partial charge >= 0.3 is 18.2 Å². The van der Waals surface area contributed by atoms with Crippen LogP contribution in [0, 0.1) is 0 Å². The summed E-state index contributed by atoms with van der Waals surface area (Å²) in [5.74, 6) is -1.14. The van der Waals surface area contributed by atoms with E-state index in [0.717, 1.165) is 21.9 Å². The molecule has 8 nitrogen and oxygen atoms in total. The zero-order valence-corrected chi connectivity index (χ0v) is 22.2. The van der Waals surface area contributed by atoms with Crippen molar-refractivity contribution in [1.29, 1.82) is 0 Å². The van der Waals surface area contributed by atoms with Gasteiger partial charge in [-0.05, 0) is 68.0 Å². The van der Waals surface area contributed by atoms with Crippen LogP contribution in [0.1, 0.15) is 51.2 Å². The van der Waals surface area contributed by atoms with Gasteiger partial charge in [0.25, 0.3) is 0 Å². The summed E-state index contributed by atoms with van der Waals surface area (Å²) < 4.78 is 10.8. The lowest BCUT2D eigenvalue weighted by Gasteiger charge is -2.28. The molecule has 0 aliphatic carbocycles. The van der Waals surface area contributed by atoms with Crippen LogP contribution in [0.25, 0.3) is 10.8 Å². The molecule has 0 radical (unpaired) electrons. The van der Waals surface area contributed by atoms with Crippen LogP contribution in [0.15, 0.2) is 72.8 Å². The van der Waals surface area contributed by atoms with Crippen molar-refractivity contribution in [3.8, 4) is 0 Å². The molecule has 0 aliphatic heterocycles. The lowest BCUT2D eigenvalue weighted by molar-refractivity contribution is -0.139. The first-order valence-electron chi connectivity index (χ1n) is 12.8. The molecule has 2 amide bonds. The molecule has 0 spiro atoms. The maximum atomic E-state index is 12.9. The first-order chi connectivity index (χ1) is 18.1. The normalized spacial score (nSPS) is 12.0. The Morgan fingerprint density at radius 2 is 1.58 bits per heavy atom. The molecule has 3 rings (SSSR count). The molecule has 2 N–H and O–H groups in total. The van der Waals surface area contributed by atoms with E-state index in [0.29, 0.717) is 25.9 Å². The number of carboxylic acids is 1. The lowest BCUT2D eigenvalue weighted by atomic mass is 10.1. The molecule has 38 heavy (non-hydrogen) atoms. The molecule has 1 atom stereocenters. The third-order valence-corrected chi connectivity index (χ3v) is 5.81. The highest BCUT2D eigenvalue weighted by Crippen LogP contribution is 2.19. The van der Waals surface area contributed by atoms with Crippen molar-refractivity contribution >= 4 is 28.9 Å². The second kappa shape index (κ2) is 13.5. The largest absolute Gasteiger partial charge is 0.480 e. The molecule has 202 valence electrons. The van der Waals surface area contributed by atoms with Gasteiger partial charge < -0.3 is 24.8 Å². The Kier molecular flexibility index (Phi) is 10.1. The third kappa shape index (κ3) is 9.42. The number of nitrogens with one attached hydrogen (secondary N) is 1. The summed E-state index contributed by atoms with van der Waals surface area (Å²) in [6, 6.07) is 22.2. The van der Waals surface area contributed by atoms with Gasteiger partial charge in [0.05, 0.1) is 0 Å². The summed E-state index contributed by atoms with van der Waals surface area (Å²) in [7, 11) is 0. The number of hydrogen-bond acceptors (Lipinski definition) is 5. The van der Waals surface area contributed by atoms with E-state index in [1.54, 1.807) is 4.90 Å². The smallest absolute Gasteiger partial charge is 0.410 e. The van der Waals surface area contributed by atoms with E-state index < -0.39 is 29.8 Å². The Labute approximate surface area is 223 Å². The summed E-state index contributed by atoms with van der Waals surface area (Å²) in [6.07, 6.45) is 0.00840. The number of fused-ring (bicyclic) bond motifs is 1. The number of benzene rings is 3. The Morgan fingerprint density at radius 1 is 0.895 bits per heavy atom. The highest BCUT2D eigenvalue weighted by atomic mass is 16.6. The summed E-state index contributed by atoms with van der Waals surface area (Å²) >= 11 is 0. The number of aliphatic carboxylic acids is 1. The minimum Gasteiger partial charge on any atom is -0.480 e. The Morgan fingerprint density at radius 3 is 2.26 bits per heavy atom.